The van der Waals surface area contributed by atoms with Crippen LogP contribution in [0.2, 0.25) is 0 Å². The number of benzene rings is 3. The lowest BCUT2D eigenvalue weighted by molar-refractivity contribution is 0.661. The van der Waals surface area contributed by atoms with E-state index in [0.717, 1.165) is 17.8 Å². The van der Waals surface area contributed by atoms with Crippen molar-refractivity contribution in [2.75, 3.05) is 5.32 Å². The molecule has 3 aromatic carbocycles. The molecule has 0 radical (unpaired) electrons. The molecule has 0 amide bonds. The Balaban J connectivity index is 2.24. The van der Waals surface area contributed by atoms with E-state index in [4.69, 9.17) is 4.99 Å². The van der Waals surface area contributed by atoms with Crippen LogP contribution in [0.1, 0.15) is 121 Å². The zero-order valence-corrected chi connectivity index (χ0v) is 24.8. The number of hydrogen-bond donors (Lipinski definition) is 1. The van der Waals surface area contributed by atoms with Gasteiger partial charge in [0.05, 0.1) is 11.2 Å². The fourth-order valence-corrected chi connectivity index (χ4v) is 5.17. The highest BCUT2D eigenvalue weighted by Gasteiger charge is 2.31. The summed E-state index contributed by atoms with van der Waals surface area (Å²) in [7, 11) is 0. The van der Waals surface area contributed by atoms with E-state index in [9.17, 15) is 0 Å². The molecule has 0 bridgehead atoms. The summed E-state index contributed by atoms with van der Waals surface area (Å²) >= 11 is 0. The van der Waals surface area contributed by atoms with E-state index in [-0.39, 0.29) is 5.54 Å². The summed E-state index contributed by atoms with van der Waals surface area (Å²) in [5, 5.41) is 4.09. The normalized spacial score (nSPS) is 14.1. The van der Waals surface area contributed by atoms with Crippen LogP contribution < -0.4 is 5.32 Å². The highest BCUT2D eigenvalue weighted by molar-refractivity contribution is 5.96. The third kappa shape index (κ3) is 6.72. The average molecular weight is 497 g/mol. The van der Waals surface area contributed by atoms with Gasteiger partial charge in [-0.1, -0.05) is 122 Å². The minimum atomic E-state index is -0.367. The summed E-state index contributed by atoms with van der Waals surface area (Å²) in [6, 6.07) is 24.3. The van der Waals surface area contributed by atoms with E-state index in [0.29, 0.717) is 23.7 Å². The Bertz CT molecular complexity index is 1150. The Morgan fingerprint density at radius 3 is 1.51 bits per heavy atom. The maximum absolute atomic E-state index is 5.47. The van der Waals surface area contributed by atoms with Gasteiger partial charge in [-0.3, -0.25) is 4.99 Å². The van der Waals surface area contributed by atoms with Crippen molar-refractivity contribution in [3.05, 3.63) is 94.5 Å². The highest BCUT2D eigenvalue weighted by atomic mass is 15.0. The summed E-state index contributed by atoms with van der Waals surface area (Å²) in [5.41, 5.74) is 9.83. The predicted molar refractivity (Wildman–Crippen MR) is 164 cm³/mol. The summed E-state index contributed by atoms with van der Waals surface area (Å²) in [6.07, 6.45) is 0.855. The first-order valence-electron chi connectivity index (χ1n) is 14.1. The summed E-state index contributed by atoms with van der Waals surface area (Å²) in [6.45, 7) is 22.7. The van der Waals surface area contributed by atoms with E-state index in [1.807, 2.05) is 0 Å². The zero-order chi connectivity index (χ0) is 27.3. The third-order valence-corrected chi connectivity index (χ3v) is 7.59. The summed E-state index contributed by atoms with van der Waals surface area (Å²) in [5.74, 6) is 1.67. The van der Waals surface area contributed by atoms with Crippen molar-refractivity contribution in [2.45, 2.75) is 105 Å². The maximum atomic E-state index is 5.47. The molecule has 3 rings (SSSR count). The molecule has 0 aliphatic rings. The molecular weight excluding hydrogens is 448 g/mol. The zero-order valence-electron chi connectivity index (χ0n) is 24.8. The molecule has 1 N–H and O–H groups in total. The molecule has 0 aliphatic heterocycles. The molecule has 3 aromatic rings. The Morgan fingerprint density at radius 2 is 1.08 bits per heavy atom. The number of nitrogens with zero attached hydrogens (tertiary/aromatic N) is 1. The van der Waals surface area contributed by atoms with Gasteiger partial charge >= 0.3 is 0 Å². The summed E-state index contributed by atoms with van der Waals surface area (Å²) in [4.78, 5) is 5.47. The first kappa shape index (κ1) is 28.7. The van der Waals surface area contributed by atoms with Crippen LogP contribution in [-0.4, -0.2) is 11.3 Å². The molecule has 198 valence electrons. The van der Waals surface area contributed by atoms with E-state index in [1.54, 1.807) is 0 Å². The lowest BCUT2D eigenvalue weighted by atomic mass is 9.85. The fraction of sp³-hybridized carbons (Fsp3) is 0.457. The van der Waals surface area contributed by atoms with Gasteiger partial charge in [-0.15, -0.1) is 0 Å². The van der Waals surface area contributed by atoms with Crippen LogP contribution >= 0.6 is 0 Å². The second kappa shape index (κ2) is 12.1. The van der Waals surface area contributed by atoms with Crippen molar-refractivity contribution in [1.82, 2.24) is 0 Å². The Hall–Kier alpha value is -2.87. The van der Waals surface area contributed by atoms with Crippen LogP contribution in [0.3, 0.4) is 0 Å². The predicted octanol–water partition coefficient (Wildman–Crippen LogP) is 10.4. The molecular formula is C35H48N2. The number of nitrogens with one attached hydrogen (secondary N) is 1. The van der Waals surface area contributed by atoms with Crippen molar-refractivity contribution in [3.63, 3.8) is 0 Å². The smallest absolute Gasteiger partial charge is 0.0766 e. The van der Waals surface area contributed by atoms with E-state index in [1.165, 1.54) is 33.5 Å². The van der Waals surface area contributed by atoms with E-state index < -0.39 is 0 Å². The van der Waals surface area contributed by atoms with Crippen LogP contribution in [-0.2, 0) is 6.42 Å². The lowest BCUT2D eigenvalue weighted by Gasteiger charge is -2.36. The molecule has 37 heavy (non-hydrogen) atoms. The molecule has 0 saturated carbocycles. The largest absolute Gasteiger partial charge is 0.374 e. The summed E-state index contributed by atoms with van der Waals surface area (Å²) < 4.78 is 0. The van der Waals surface area contributed by atoms with Crippen LogP contribution in [0, 0.1) is 0 Å². The van der Waals surface area contributed by atoms with E-state index in [2.05, 4.69) is 141 Å². The van der Waals surface area contributed by atoms with Gasteiger partial charge in [-0.2, -0.15) is 0 Å². The van der Waals surface area contributed by atoms with Crippen molar-refractivity contribution in [2.24, 2.45) is 4.99 Å². The topological polar surface area (TPSA) is 24.4 Å². The van der Waals surface area contributed by atoms with Gasteiger partial charge in [0.2, 0.25) is 0 Å². The molecule has 1 unspecified atom stereocenters. The first-order chi connectivity index (χ1) is 17.4. The van der Waals surface area contributed by atoms with Gasteiger partial charge < -0.3 is 5.32 Å². The minimum Gasteiger partial charge on any atom is -0.374 e. The molecule has 0 fully saturated rings. The average Bonchev–Trinajstić information content (AvgIpc) is 2.84. The molecule has 2 nitrogen and oxygen atoms in total. The highest BCUT2D eigenvalue weighted by Crippen LogP contribution is 2.38. The van der Waals surface area contributed by atoms with Crippen molar-refractivity contribution in [3.8, 4) is 0 Å². The number of anilines is 1. The number of aliphatic imine (C=N–C) groups is 1. The molecule has 1 atom stereocenters. The fourth-order valence-electron chi connectivity index (χ4n) is 5.17. The maximum Gasteiger partial charge on any atom is 0.0766 e. The first-order valence-corrected chi connectivity index (χ1v) is 14.1. The SMILES string of the molecule is CC(=Nc1c(C(C)C)cccc1C(C)C)C(C)(Cc1ccccc1)Nc1c(C(C)C)cccc1C(C)C. The van der Waals surface area contributed by atoms with Gasteiger partial charge in [0.25, 0.3) is 0 Å². The number of para-hydroxylation sites is 2. The van der Waals surface area contributed by atoms with E-state index >= 15 is 0 Å². The number of rotatable bonds is 10. The van der Waals surface area contributed by atoms with Crippen molar-refractivity contribution < 1.29 is 0 Å². The standard InChI is InChI=1S/C35H48N2/c1-23(2)29-18-14-19-30(24(3)4)33(29)36-27(9)35(10,22-28-16-12-11-13-17-28)37-34-31(25(5)6)20-15-21-32(34)26(7)8/h11-21,23-26,37H,22H2,1-10H3. The van der Waals surface area contributed by atoms with Crippen molar-refractivity contribution in [1.29, 1.82) is 0 Å². The minimum absolute atomic E-state index is 0.367. The van der Waals surface area contributed by atoms with Crippen LogP contribution in [0.25, 0.3) is 0 Å². The van der Waals surface area contributed by atoms with Gasteiger partial charge in [-0.05, 0) is 65.3 Å². The van der Waals surface area contributed by atoms with Crippen molar-refractivity contribution >= 4 is 17.1 Å². The molecule has 0 aliphatic carbocycles. The lowest BCUT2D eigenvalue weighted by Crippen LogP contribution is -2.45. The second-order valence-electron chi connectivity index (χ2n) is 12.0. The van der Waals surface area contributed by atoms with Crippen LogP contribution in [0.15, 0.2) is 71.7 Å². The Morgan fingerprint density at radius 1 is 0.649 bits per heavy atom. The molecule has 0 heterocycles. The molecule has 0 saturated heterocycles. The Labute approximate surface area is 226 Å². The third-order valence-electron chi connectivity index (χ3n) is 7.59. The quantitative estimate of drug-likeness (QED) is 0.277. The van der Waals surface area contributed by atoms with Crippen LogP contribution in [0.5, 0.6) is 0 Å². The Kier molecular flexibility index (Phi) is 9.40. The molecule has 2 heteroatoms. The number of hydrogen-bond acceptors (Lipinski definition) is 2. The van der Waals surface area contributed by atoms with Gasteiger partial charge in [0, 0.05) is 17.8 Å². The van der Waals surface area contributed by atoms with Gasteiger partial charge in [0.1, 0.15) is 0 Å². The monoisotopic (exact) mass is 496 g/mol. The van der Waals surface area contributed by atoms with Gasteiger partial charge in [0.15, 0.2) is 0 Å². The van der Waals surface area contributed by atoms with Crippen LogP contribution in [0.4, 0.5) is 11.4 Å². The molecule has 0 aromatic heterocycles. The van der Waals surface area contributed by atoms with Gasteiger partial charge in [-0.25, -0.2) is 0 Å². The second-order valence-corrected chi connectivity index (χ2v) is 12.0. The molecule has 0 spiro atoms.